The molecular weight excluding hydrogens is 364 g/mol. The average molecular weight is 390 g/mol. The van der Waals surface area contributed by atoms with Gasteiger partial charge in [0.15, 0.2) is 11.5 Å². The zero-order chi connectivity index (χ0) is 20.1. The van der Waals surface area contributed by atoms with E-state index in [4.69, 9.17) is 24.1 Å². The molecule has 27 heavy (non-hydrogen) atoms. The molecule has 0 bridgehead atoms. The smallest absolute Gasteiger partial charge is 0.229 e. The number of aliphatic hydroxyl groups excluding tert-OH is 6. The van der Waals surface area contributed by atoms with Gasteiger partial charge in [0.1, 0.15) is 24.4 Å². The summed E-state index contributed by atoms with van der Waals surface area (Å²) in [5.74, 6) is 0.462. The Morgan fingerprint density at radius 1 is 1.00 bits per heavy atom. The van der Waals surface area contributed by atoms with Crippen molar-refractivity contribution < 1.29 is 49.6 Å². The topological polar surface area (TPSA) is 158 Å². The first-order valence-corrected chi connectivity index (χ1v) is 8.37. The third kappa shape index (κ3) is 4.79. The first-order valence-electron chi connectivity index (χ1n) is 8.37. The monoisotopic (exact) mass is 390 g/mol. The molecule has 1 saturated heterocycles. The Labute approximate surface area is 156 Å². The molecule has 6 unspecified atom stereocenters. The molecule has 1 aliphatic heterocycles. The highest BCUT2D eigenvalue weighted by Crippen LogP contribution is 2.40. The number of ether oxygens (including phenoxy) is 4. The molecule has 2 rings (SSSR count). The molecule has 0 radical (unpaired) electrons. The Hall–Kier alpha value is -1.66. The van der Waals surface area contributed by atoms with Crippen molar-refractivity contribution in [3.8, 4) is 17.2 Å². The van der Waals surface area contributed by atoms with Gasteiger partial charge in [-0.15, -0.1) is 0 Å². The van der Waals surface area contributed by atoms with Crippen LogP contribution in [0.15, 0.2) is 12.1 Å². The molecule has 10 heteroatoms. The van der Waals surface area contributed by atoms with Gasteiger partial charge in [0.2, 0.25) is 12.0 Å². The van der Waals surface area contributed by atoms with Crippen molar-refractivity contribution in [3.05, 3.63) is 17.7 Å². The van der Waals surface area contributed by atoms with E-state index in [9.17, 15) is 25.5 Å². The molecule has 0 aromatic heterocycles. The van der Waals surface area contributed by atoms with Crippen molar-refractivity contribution in [2.45, 2.75) is 43.2 Å². The molecule has 1 aromatic rings. The van der Waals surface area contributed by atoms with E-state index < -0.39 is 50.0 Å². The van der Waals surface area contributed by atoms with Gasteiger partial charge in [-0.05, 0) is 17.7 Å². The van der Waals surface area contributed by atoms with Crippen LogP contribution in [0.5, 0.6) is 17.2 Å². The summed E-state index contributed by atoms with van der Waals surface area (Å²) < 4.78 is 21.5. The second kappa shape index (κ2) is 9.51. The highest BCUT2D eigenvalue weighted by molar-refractivity contribution is 5.54. The van der Waals surface area contributed by atoms with Gasteiger partial charge in [0, 0.05) is 6.42 Å². The molecule has 0 spiro atoms. The van der Waals surface area contributed by atoms with Crippen LogP contribution in [0.3, 0.4) is 0 Å². The minimum absolute atomic E-state index is 0.0616. The summed E-state index contributed by atoms with van der Waals surface area (Å²) in [6.45, 7) is -0.995. The number of hydrogen-bond acceptors (Lipinski definition) is 10. The summed E-state index contributed by atoms with van der Waals surface area (Å²) in [7, 11) is 2.75. The maximum atomic E-state index is 10.1. The Morgan fingerprint density at radius 2 is 1.59 bits per heavy atom. The lowest BCUT2D eigenvalue weighted by Crippen LogP contribution is -2.60. The van der Waals surface area contributed by atoms with E-state index in [1.54, 1.807) is 12.1 Å². The Balaban J connectivity index is 2.31. The molecular formula is C17H26O10. The third-order valence-electron chi connectivity index (χ3n) is 4.28. The molecule has 0 saturated carbocycles. The van der Waals surface area contributed by atoms with Crippen molar-refractivity contribution in [1.82, 2.24) is 0 Å². The van der Waals surface area contributed by atoms with E-state index >= 15 is 0 Å². The lowest BCUT2D eigenvalue weighted by Gasteiger charge is -2.39. The minimum atomic E-state index is -1.59. The Bertz CT molecular complexity index is 582. The average Bonchev–Trinajstić information content (AvgIpc) is 2.68. The second-order valence-corrected chi connectivity index (χ2v) is 6.19. The number of aliphatic hydroxyl groups is 6. The van der Waals surface area contributed by atoms with Gasteiger partial charge in [-0.2, -0.15) is 0 Å². The summed E-state index contributed by atoms with van der Waals surface area (Å²) in [4.78, 5) is 0. The molecule has 154 valence electrons. The van der Waals surface area contributed by atoms with E-state index in [0.29, 0.717) is 5.56 Å². The Kier molecular flexibility index (Phi) is 7.62. The van der Waals surface area contributed by atoms with Gasteiger partial charge in [-0.3, -0.25) is 0 Å². The van der Waals surface area contributed by atoms with E-state index in [2.05, 4.69) is 0 Å². The molecule has 1 aromatic carbocycles. The zero-order valence-corrected chi connectivity index (χ0v) is 15.1. The normalized spacial score (nSPS) is 29.3. The molecule has 1 heterocycles. The number of methoxy groups -OCH3 is 2. The minimum Gasteiger partial charge on any atom is -0.493 e. The van der Waals surface area contributed by atoms with Crippen LogP contribution in [0, 0.1) is 0 Å². The van der Waals surface area contributed by atoms with Crippen molar-refractivity contribution in [2.75, 3.05) is 27.4 Å². The summed E-state index contributed by atoms with van der Waals surface area (Å²) >= 11 is 0. The van der Waals surface area contributed by atoms with Crippen LogP contribution < -0.4 is 14.2 Å². The van der Waals surface area contributed by atoms with Crippen LogP contribution in [-0.4, -0.2) is 94.9 Å². The SMILES string of the molecule is COc1cc(CC(O)CO)cc(OC)c1OC1OC(CO)C(O)C(O)C1O. The van der Waals surface area contributed by atoms with Gasteiger partial charge >= 0.3 is 0 Å². The lowest BCUT2D eigenvalue weighted by molar-refractivity contribution is -0.277. The largest absolute Gasteiger partial charge is 0.493 e. The summed E-state index contributed by atoms with van der Waals surface area (Å²) in [5.41, 5.74) is 0.603. The first-order chi connectivity index (χ1) is 12.9. The van der Waals surface area contributed by atoms with Crippen molar-refractivity contribution in [2.24, 2.45) is 0 Å². The number of benzene rings is 1. The van der Waals surface area contributed by atoms with Crippen LogP contribution in [0.2, 0.25) is 0 Å². The van der Waals surface area contributed by atoms with E-state index in [1.807, 2.05) is 0 Å². The lowest BCUT2D eigenvalue weighted by atomic mass is 9.99. The van der Waals surface area contributed by atoms with Crippen molar-refractivity contribution in [3.63, 3.8) is 0 Å². The fourth-order valence-corrected chi connectivity index (χ4v) is 2.79. The predicted octanol–water partition coefficient (Wildman–Crippen LogP) is -2.22. The Morgan fingerprint density at radius 3 is 2.07 bits per heavy atom. The van der Waals surface area contributed by atoms with E-state index in [-0.39, 0.29) is 23.7 Å². The highest BCUT2D eigenvalue weighted by Gasteiger charge is 2.45. The van der Waals surface area contributed by atoms with Crippen LogP contribution in [0.1, 0.15) is 5.56 Å². The maximum Gasteiger partial charge on any atom is 0.229 e. The van der Waals surface area contributed by atoms with Crippen molar-refractivity contribution >= 4 is 0 Å². The van der Waals surface area contributed by atoms with Gasteiger partial charge in [0.25, 0.3) is 0 Å². The summed E-state index contributed by atoms with van der Waals surface area (Å²) in [6.07, 6.45) is -8.03. The maximum absolute atomic E-state index is 10.1. The standard InChI is InChI=1S/C17H26O10/c1-24-10-4-8(3-9(20)6-18)5-11(25-2)16(10)27-17-15(23)14(22)13(21)12(7-19)26-17/h4-5,9,12-15,17-23H,3,6-7H2,1-2H3. The molecule has 1 aliphatic rings. The van der Waals surface area contributed by atoms with Crippen LogP contribution >= 0.6 is 0 Å². The fourth-order valence-electron chi connectivity index (χ4n) is 2.79. The molecule has 0 aliphatic carbocycles. The molecule has 10 nitrogen and oxygen atoms in total. The van der Waals surface area contributed by atoms with Crippen LogP contribution in [0.25, 0.3) is 0 Å². The second-order valence-electron chi connectivity index (χ2n) is 6.19. The van der Waals surface area contributed by atoms with Gasteiger partial charge in [-0.1, -0.05) is 0 Å². The fraction of sp³-hybridized carbons (Fsp3) is 0.647. The third-order valence-corrected chi connectivity index (χ3v) is 4.28. The van der Waals surface area contributed by atoms with Gasteiger partial charge < -0.3 is 49.6 Å². The summed E-state index contributed by atoms with van der Waals surface area (Å²) in [6, 6.07) is 3.11. The number of rotatable bonds is 8. The van der Waals surface area contributed by atoms with Crippen LogP contribution in [-0.2, 0) is 11.2 Å². The van der Waals surface area contributed by atoms with Gasteiger partial charge in [0.05, 0.1) is 33.5 Å². The van der Waals surface area contributed by atoms with Crippen molar-refractivity contribution in [1.29, 1.82) is 0 Å². The quantitative estimate of drug-likeness (QED) is 0.287. The predicted molar refractivity (Wildman–Crippen MR) is 90.7 cm³/mol. The summed E-state index contributed by atoms with van der Waals surface area (Å²) in [5, 5.41) is 57.7. The first kappa shape index (κ1) is 21.6. The highest BCUT2D eigenvalue weighted by atomic mass is 16.7. The molecule has 0 amide bonds. The zero-order valence-electron chi connectivity index (χ0n) is 15.1. The molecule has 1 fully saturated rings. The van der Waals surface area contributed by atoms with E-state index in [0.717, 1.165) is 0 Å². The molecule has 6 atom stereocenters. The molecule has 6 N–H and O–H groups in total. The van der Waals surface area contributed by atoms with Gasteiger partial charge in [-0.25, -0.2) is 0 Å². The number of hydrogen-bond donors (Lipinski definition) is 6. The van der Waals surface area contributed by atoms with E-state index in [1.165, 1.54) is 14.2 Å². The van der Waals surface area contributed by atoms with Crippen LogP contribution in [0.4, 0.5) is 0 Å².